The molecule has 1 N–H and O–H groups in total. The van der Waals surface area contributed by atoms with Crippen LogP contribution >= 0.6 is 0 Å². The summed E-state index contributed by atoms with van der Waals surface area (Å²) in [5.74, 6) is 0.850. The van der Waals surface area contributed by atoms with Crippen LogP contribution in [0, 0.1) is 11.3 Å². The van der Waals surface area contributed by atoms with Crippen LogP contribution in [0.2, 0.25) is 0 Å². The zero-order valence-electron chi connectivity index (χ0n) is 13.5. The van der Waals surface area contributed by atoms with Crippen LogP contribution < -0.4 is 0 Å². The van der Waals surface area contributed by atoms with Crippen LogP contribution in [0.1, 0.15) is 46.0 Å². The van der Waals surface area contributed by atoms with E-state index in [0.29, 0.717) is 6.61 Å². The molecule has 0 spiro atoms. The SMILES string of the molecule is CCN(CCCN(C)C)CC1(CO)CCC(C)CC1. The number of aliphatic hydroxyl groups is 1. The third-order valence-electron chi connectivity index (χ3n) is 4.76. The highest BCUT2D eigenvalue weighted by atomic mass is 16.3. The molecule has 3 heteroatoms. The highest BCUT2D eigenvalue weighted by Crippen LogP contribution is 2.39. The van der Waals surface area contributed by atoms with Crippen molar-refractivity contribution in [3.63, 3.8) is 0 Å². The van der Waals surface area contributed by atoms with Crippen LogP contribution in [0.25, 0.3) is 0 Å². The topological polar surface area (TPSA) is 26.7 Å². The van der Waals surface area contributed by atoms with Gasteiger partial charge in [0, 0.05) is 18.6 Å². The van der Waals surface area contributed by atoms with Crippen LogP contribution in [0.5, 0.6) is 0 Å². The molecule has 1 aliphatic carbocycles. The fraction of sp³-hybridized carbons (Fsp3) is 1.00. The van der Waals surface area contributed by atoms with Gasteiger partial charge in [-0.25, -0.2) is 0 Å². The zero-order valence-corrected chi connectivity index (χ0v) is 13.5. The molecule has 19 heavy (non-hydrogen) atoms. The minimum absolute atomic E-state index is 0.181. The first-order valence-electron chi connectivity index (χ1n) is 7.99. The van der Waals surface area contributed by atoms with E-state index in [9.17, 15) is 5.11 Å². The van der Waals surface area contributed by atoms with Gasteiger partial charge in [0.2, 0.25) is 0 Å². The van der Waals surface area contributed by atoms with Crippen molar-refractivity contribution in [1.82, 2.24) is 9.80 Å². The fourth-order valence-electron chi connectivity index (χ4n) is 3.17. The molecule has 1 saturated carbocycles. The largest absolute Gasteiger partial charge is 0.396 e. The van der Waals surface area contributed by atoms with Gasteiger partial charge in [-0.1, -0.05) is 26.7 Å². The molecule has 0 heterocycles. The molecule has 1 aliphatic rings. The van der Waals surface area contributed by atoms with Crippen molar-refractivity contribution in [3.8, 4) is 0 Å². The second-order valence-corrected chi connectivity index (χ2v) is 6.87. The van der Waals surface area contributed by atoms with Crippen molar-refractivity contribution in [1.29, 1.82) is 0 Å². The van der Waals surface area contributed by atoms with Crippen LogP contribution in [-0.4, -0.2) is 61.8 Å². The summed E-state index contributed by atoms with van der Waals surface area (Å²) in [4.78, 5) is 4.79. The predicted molar refractivity (Wildman–Crippen MR) is 82.4 cm³/mol. The number of aliphatic hydroxyl groups excluding tert-OH is 1. The van der Waals surface area contributed by atoms with E-state index in [-0.39, 0.29) is 5.41 Å². The summed E-state index contributed by atoms with van der Waals surface area (Å²) >= 11 is 0. The van der Waals surface area contributed by atoms with E-state index < -0.39 is 0 Å². The maximum atomic E-state index is 9.85. The van der Waals surface area contributed by atoms with Crippen LogP contribution in [0.4, 0.5) is 0 Å². The first kappa shape index (κ1) is 16.9. The maximum Gasteiger partial charge on any atom is 0.0499 e. The minimum Gasteiger partial charge on any atom is -0.396 e. The van der Waals surface area contributed by atoms with Gasteiger partial charge in [-0.05, 0) is 58.9 Å². The van der Waals surface area contributed by atoms with Gasteiger partial charge in [0.15, 0.2) is 0 Å². The Hall–Kier alpha value is -0.120. The predicted octanol–water partition coefficient (Wildman–Crippen LogP) is 2.45. The van der Waals surface area contributed by atoms with E-state index in [1.54, 1.807) is 0 Å². The molecule has 0 atom stereocenters. The quantitative estimate of drug-likeness (QED) is 0.734. The molecule has 0 aliphatic heterocycles. The monoisotopic (exact) mass is 270 g/mol. The van der Waals surface area contributed by atoms with E-state index in [2.05, 4.69) is 37.7 Å². The normalized spacial score (nSPS) is 28.3. The molecule has 1 fully saturated rings. The molecule has 3 nitrogen and oxygen atoms in total. The Kier molecular flexibility index (Phi) is 7.33. The third kappa shape index (κ3) is 5.80. The van der Waals surface area contributed by atoms with Crippen LogP contribution in [-0.2, 0) is 0 Å². The molecule has 0 amide bonds. The van der Waals surface area contributed by atoms with Crippen molar-refractivity contribution < 1.29 is 5.11 Å². The summed E-state index contributed by atoms with van der Waals surface area (Å²) < 4.78 is 0. The Morgan fingerprint density at radius 3 is 2.26 bits per heavy atom. The van der Waals surface area contributed by atoms with Gasteiger partial charge in [-0.3, -0.25) is 0 Å². The van der Waals surface area contributed by atoms with E-state index in [4.69, 9.17) is 0 Å². The lowest BCUT2D eigenvalue weighted by Gasteiger charge is -2.41. The van der Waals surface area contributed by atoms with Crippen molar-refractivity contribution in [2.24, 2.45) is 11.3 Å². The fourth-order valence-corrected chi connectivity index (χ4v) is 3.17. The molecule has 0 aromatic rings. The molecule has 0 aromatic carbocycles. The van der Waals surface area contributed by atoms with E-state index >= 15 is 0 Å². The molecule has 1 rings (SSSR count). The number of rotatable bonds is 8. The van der Waals surface area contributed by atoms with E-state index in [0.717, 1.165) is 32.1 Å². The Labute approximate surface area is 120 Å². The lowest BCUT2D eigenvalue weighted by molar-refractivity contribution is 0.0300. The van der Waals surface area contributed by atoms with Crippen molar-refractivity contribution >= 4 is 0 Å². The molecule has 0 saturated heterocycles. The van der Waals surface area contributed by atoms with Gasteiger partial charge in [-0.2, -0.15) is 0 Å². The summed E-state index contributed by atoms with van der Waals surface area (Å²) in [6, 6.07) is 0. The van der Waals surface area contributed by atoms with Gasteiger partial charge in [0.1, 0.15) is 0 Å². The number of hydrogen-bond donors (Lipinski definition) is 1. The molecular weight excluding hydrogens is 236 g/mol. The molecule has 0 aromatic heterocycles. The average molecular weight is 270 g/mol. The molecular formula is C16H34N2O. The molecule has 0 bridgehead atoms. The summed E-state index contributed by atoms with van der Waals surface area (Å²) in [6.45, 7) is 9.45. The maximum absolute atomic E-state index is 9.85. The molecule has 114 valence electrons. The Bertz CT molecular complexity index is 235. The van der Waals surface area contributed by atoms with Crippen LogP contribution in [0.3, 0.4) is 0 Å². The number of nitrogens with zero attached hydrogens (tertiary/aromatic N) is 2. The third-order valence-corrected chi connectivity index (χ3v) is 4.76. The lowest BCUT2D eigenvalue weighted by atomic mass is 9.71. The second kappa shape index (κ2) is 8.23. The van der Waals surface area contributed by atoms with Crippen molar-refractivity contribution in [2.45, 2.75) is 46.0 Å². The Morgan fingerprint density at radius 1 is 1.16 bits per heavy atom. The first-order chi connectivity index (χ1) is 9.01. The molecule has 0 radical (unpaired) electrons. The zero-order chi connectivity index (χ0) is 14.3. The van der Waals surface area contributed by atoms with E-state index in [1.807, 2.05) is 0 Å². The van der Waals surface area contributed by atoms with E-state index in [1.165, 1.54) is 32.1 Å². The van der Waals surface area contributed by atoms with Gasteiger partial charge in [-0.15, -0.1) is 0 Å². The smallest absolute Gasteiger partial charge is 0.0499 e. The second-order valence-electron chi connectivity index (χ2n) is 6.87. The summed E-state index contributed by atoms with van der Waals surface area (Å²) in [6.07, 6.45) is 6.20. The highest BCUT2D eigenvalue weighted by Gasteiger charge is 2.34. The van der Waals surface area contributed by atoms with Gasteiger partial charge in [0.25, 0.3) is 0 Å². The minimum atomic E-state index is 0.181. The standard InChI is InChI=1S/C16H34N2O/c1-5-18(12-6-11-17(3)4)13-16(14-19)9-7-15(2)8-10-16/h15,19H,5-14H2,1-4H3. The Morgan fingerprint density at radius 2 is 1.79 bits per heavy atom. The lowest BCUT2D eigenvalue weighted by Crippen LogP contribution is -2.43. The molecule has 0 unspecified atom stereocenters. The first-order valence-corrected chi connectivity index (χ1v) is 7.99. The Balaban J connectivity index is 2.43. The van der Waals surface area contributed by atoms with Crippen molar-refractivity contribution in [2.75, 3.05) is 46.9 Å². The van der Waals surface area contributed by atoms with Gasteiger partial charge >= 0.3 is 0 Å². The summed E-state index contributed by atoms with van der Waals surface area (Å²) in [7, 11) is 4.27. The summed E-state index contributed by atoms with van der Waals surface area (Å²) in [5.41, 5.74) is 0.181. The van der Waals surface area contributed by atoms with Gasteiger partial charge in [0.05, 0.1) is 0 Å². The van der Waals surface area contributed by atoms with Crippen molar-refractivity contribution in [3.05, 3.63) is 0 Å². The van der Waals surface area contributed by atoms with Crippen LogP contribution in [0.15, 0.2) is 0 Å². The average Bonchev–Trinajstić information content (AvgIpc) is 2.40. The highest BCUT2D eigenvalue weighted by molar-refractivity contribution is 4.87. The summed E-state index contributed by atoms with van der Waals surface area (Å²) in [5, 5.41) is 9.85. The number of hydrogen-bond acceptors (Lipinski definition) is 3. The van der Waals surface area contributed by atoms with Gasteiger partial charge < -0.3 is 14.9 Å².